The maximum Gasteiger partial charge on any atom is 0.422 e. The van der Waals surface area contributed by atoms with E-state index in [1.807, 2.05) is 4.72 Å². The number of rotatable bonds is 5. The van der Waals surface area contributed by atoms with E-state index in [0.717, 1.165) is 18.2 Å². The lowest BCUT2D eigenvalue weighted by Crippen LogP contribution is -2.35. The first-order valence-corrected chi connectivity index (χ1v) is 6.77. The van der Waals surface area contributed by atoms with Crippen LogP contribution in [0.15, 0.2) is 18.2 Å². The molecule has 1 aromatic carbocycles. The van der Waals surface area contributed by atoms with Crippen molar-refractivity contribution in [1.82, 2.24) is 4.72 Å². The highest BCUT2D eigenvalue weighted by Crippen LogP contribution is 2.21. The van der Waals surface area contributed by atoms with Gasteiger partial charge in [-0.3, -0.25) is 4.72 Å². The Hall–Kier alpha value is -2.49. The molecule has 0 bridgehead atoms. The van der Waals surface area contributed by atoms with Crippen molar-refractivity contribution in [2.45, 2.75) is 6.92 Å². The van der Waals surface area contributed by atoms with Crippen LogP contribution in [-0.4, -0.2) is 37.3 Å². The quantitative estimate of drug-likeness (QED) is 0.580. The molecule has 0 saturated heterocycles. The summed E-state index contributed by atoms with van der Waals surface area (Å²) in [6.45, 7) is 1.49. The maximum atomic E-state index is 11.5. The van der Waals surface area contributed by atoms with Gasteiger partial charge in [0.15, 0.2) is 0 Å². The Kier molecular flexibility index (Phi) is 4.75. The molecule has 1 amide bonds. The number of ether oxygens (including phenoxy) is 1. The fourth-order valence-electron chi connectivity index (χ4n) is 1.22. The normalized spacial score (nSPS) is 10.7. The van der Waals surface area contributed by atoms with Gasteiger partial charge in [-0.05, 0) is 25.1 Å². The average molecular weight is 304 g/mol. The standard InChI is InChI=1S/C10H12N2O7S/c1-2-19-10(16)12-20(17,18)11-6-3-4-8(13)7(5-6)9(14)15/h3-5,11,13H,2H2,1H3,(H,12,16)(H,14,15). The lowest BCUT2D eigenvalue weighted by atomic mass is 10.2. The molecule has 110 valence electrons. The smallest absolute Gasteiger partial charge is 0.422 e. The fourth-order valence-corrected chi connectivity index (χ4v) is 1.99. The number of phenols is 1. The minimum Gasteiger partial charge on any atom is -0.507 e. The van der Waals surface area contributed by atoms with Crippen LogP contribution < -0.4 is 9.44 Å². The molecule has 10 heteroatoms. The molecule has 0 aliphatic rings. The number of carbonyl (C=O) groups is 2. The number of amides is 1. The molecule has 0 aliphatic carbocycles. The number of carboxylic acid groups (broad SMARTS) is 1. The van der Waals surface area contributed by atoms with Gasteiger partial charge in [0.25, 0.3) is 0 Å². The number of aromatic carboxylic acids is 1. The zero-order valence-electron chi connectivity index (χ0n) is 10.3. The van der Waals surface area contributed by atoms with E-state index in [1.165, 1.54) is 6.92 Å². The van der Waals surface area contributed by atoms with Gasteiger partial charge in [-0.25, -0.2) is 14.3 Å². The second-order valence-corrected chi connectivity index (χ2v) is 4.88. The average Bonchev–Trinajstić information content (AvgIpc) is 2.30. The Labute approximate surface area is 114 Å². The number of hydrogen-bond donors (Lipinski definition) is 4. The molecule has 20 heavy (non-hydrogen) atoms. The molecule has 0 heterocycles. The Morgan fingerprint density at radius 3 is 2.55 bits per heavy atom. The zero-order valence-corrected chi connectivity index (χ0v) is 11.1. The third-order valence-corrected chi connectivity index (χ3v) is 2.91. The van der Waals surface area contributed by atoms with Gasteiger partial charge in [-0.15, -0.1) is 0 Å². The molecular weight excluding hydrogens is 292 g/mol. The first-order valence-electron chi connectivity index (χ1n) is 5.28. The first-order chi connectivity index (χ1) is 9.25. The SMILES string of the molecule is CCOC(=O)NS(=O)(=O)Nc1ccc(O)c(C(=O)O)c1. The van der Waals surface area contributed by atoms with Gasteiger partial charge in [0, 0.05) is 0 Å². The van der Waals surface area contributed by atoms with E-state index in [1.54, 1.807) is 4.72 Å². The Balaban J connectivity index is 2.90. The number of aromatic hydroxyl groups is 1. The molecule has 0 saturated carbocycles. The van der Waals surface area contributed by atoms with Gasteiger partial charge in [0.05, 0.1) is 12.3 Å². The molecule has 4 N–H and O–H groups in total. The van der Waals surface area contributed by atoms with Gasteiger partial charge in [0.2, 0.25) is 0 Å². The summed E-state index contributed by atoms with van der Waals surface area (Å²) >= 11 is 0. The summed E-state index contributed by atoms with van der Waals surface area (Å²) in [4.78, 5) is 21.8. The minimum atomic E-state index is -4.26. The van der Waals surface area contributed by atoms with Crippen LogP contribution in [0.25, 0.3) is 0 Å². The Bertz CT molecular complexity index is 626. The lowest BCUT2D eigenvalue weighted by molar-refractivity contribution is 0.0693. The second kappa shape index (κ2) is 6.10. The van der Waals surface area contributed by atoms with E-state index in [-0.39, 0.29) is 12.3 Å². The summed E-state index contributed by atoms with van der Waals surface area (Å²) in [6, 6.07) is 3.04. The number of carboxylic acids is 1. The van der Waals surface area contributed by atoms with Gasteiger partial charge < -0.3 is 14.9 Å². The molecule has 0 aliphatic heterocycles. The Morgan fingerprint density at radius 1 is 1.35 bits per heavy atom. The van der Waals surface area contributed by atoms with E-state index in [9.17, 15) is 23.1 Å². The van der Waals surface area contributed by atoms with Crippen LogP contribution >= 0.6 is 0 Å². The van der Waals surface area contributed by atoms with Crippen molar-refractivity contribution >= 4 is 28.0 Å². The zero-order chi connectivity index (χ0) is 15.3. The highest BCUT2D eigenvalue weighted by molar-refractivity contribution is 7.91. The summed E-state index contributed by atoms with van der Waals surface area (Å²) in [5.41, 5.74) is -0.627. The molecule has 0 radical (unpaired) electrons. The van der Waals surface area contributed by atoms with Gasteiger partial charge in [-0.1, -0.05) is 0 Å². The molecule has 0 spiro atoms. The van der Waals surface area contributed by atoms with Gasteiger partial charge in [-0.2, -0.15) is 8.42 Å². The monoisotopic (exact) mass is 304 g/mol. The number of benzene rings is 1. The van der Waals surface area contributed by atoms with Crippen molar-refractivity contribution in [2.24, 2.45) is 0 Å². The highest BCUT2D eigenvalue weighted by Gasteiger charge is 2.17. The predicted molar refractivity (Wildman–Crippen MR) is 67.8 cm³/mol. The van der Waals surface area contributed by atoms with Crippen molar-refractivity contribution in [2.75, 3.05) is 11.3 Å². The van der Waals surface area contributed by atoms with Crippen LogP contribution in [0.1, 0.15) is 17.3 Å². The molecule has 1 rings (SSSR count). The maximum absolute atomic E-state index is 11.5. The van der Waals surface area contributed by atoms with Crippen LogP contribution in [0.3, 0.4) is 0 Å². The molecule has 9 nitrogen and oxygen atoms in total. The molecule has 1 aromatic rings. The molecule has 0 aromatic heterocycles. The van der Waals surface area contributed by atoms with Crippen molar-refractivity contribution in [3.05, 3.63) is 23.8 Å². The topological polar surface area (TPSA) is 142 Å². The van der Waals surface area contributed by atoms with Crippen molar-refractivity contribution in [3.63, 3.8) is 0 Å². The van der Waals surface area contributed by atoms with Crippen LogP contribution in [-0.2, 0) is 14.9 Å². The van der Waals surface area contributed by atoms with E-state index >= 15 is 0 Å². The third kappa shape index (κ3) is 4.31. The fraction of sp³-hybridized carbons (Fsp3) is 0.200. The van der Waals surface area contributed by atoms with Crippen molar-refractivity contribution in [3.8, 4) is 5.75 Å². The van der Waals surface area contributed by atoms with Crippen LogP contribution in [0.2, 0.25) is 0 Å². The molecule has 0 fully saturated rings. The summed E-state index contributed by atoms with van der Waals surface area (Å²) < 4.78 is 30.9. The molecule has 0 unspecified atom stereocenters. The van der Waals surface area contributed by atoms with Crippen LogP contribution in [0.5, 0.6) is 5.75 Å². The summed E-state index contributed by atoms with van der Waals surface area (Å²) in [6.07, 6.45) is -1.17. The van der Waals surface area contributed by atoms with Crippen molar-refractivity contribution in [1.29, 1.82) is 0 Å². The van der Waals surface area contributed by atoms with E-state index in [2.05, 4.69) is 4.74 Å². The van der Waals surface area contributed by atoms with E-state index in [4.69, 9.17) is 5.11 Å². The molecular formula is C10H12N2O7S. The van der Waals surface area contributed by atoms with E-state index < -0.39 is 33.6 Å². The molecule has 0 atom stereocenters. The van der Waals surface area contributed by atoms with Crippen molar-refractivity contribution < 1.29 is 33.0 Å². The van der Waals surface area contributed by atoms with Crippen LogP contribution in [0.4, 0.5) is 10.5 Å². The van der Waals surface area contributed by atoms with E-state index in [0.29, 0.717) is 0 Å². The number of carbonyl (C=O) groups excluding carboxylic acids is 1. The summed E-state index contributed by atoms with van der Waals surface area (Å²) in [5.74, 6) is -1.94. The predicted octanol–water partition coefficient (Wildman–Crippen LogP) is 0.493. The number of nitrogens with one attached hydrogen (secondary N) is 2. The summed E-state index contributed by atoms with van der Waals surface area (Å²) in [7, 11) is -4.26. The number of anilines is 1. The summed E-state index contributed by atoms with van der Waals surface area (Å²) in [5, 5.41) is 18.0. The highest BCUT2D eigenvalue weighted by atomic mass is 32.2. The van der Waals surface area contributed by atoms with Crippen LogP contribution in [0, 0.1) is 0 Å². The number of hydrogen-bond acceptors (Lipinski definition) is 6. The lowest BCUT2D eigenvalue weighted by Gasteiger charge is -2.10. The minimum absolute atomic E-state index is 0.0102. The third-order valence-electron chi connectivity index (χ3n) is 1.97. The Morgan fingerprint density at radius 2 is 2.00 bits per heavy atom. The largest absolute Gasteiger partial charge is 0.507 e. The first kappa shape index (κ1) is 15.6. The second-order valence-electron chi connectivity index (χ2n) is 3.47. The van der Waals surface area contributed by atoms with Gasteiger partial charge in [0.1, 0.15) is 11.3 Å². The van der Waals surface area contributed by atoms with Gasteiger partial charge >= 0.3 is 22.3 Å².